The van der Waals surface area contributed by atoms with Crippen molar-refractivity contribution in [2.24, 2.45) is 11.3 Å². The first-order valence-corrected chi connectivity index (χ1v) is 11.9. The summed E-state index contributed by atoms with van der Waals surface area (Å²) in [7, 11) is 1.73. The summed E-state index contributed by atoms with van der Waals surface area (Å²) in [6.45, 7) is 6.94. The Morgan fingerprint density at radius 2 is 1.81 bits per heavy atom. The lowest BCUT2D eigenvalue weighted by Gasteiger charge is -2.37. The summed E-state index contributed by atoms with van der Waals surface area (Å²) in [5.74, 6) is 1.06. The van der Waals surface area contributed by atoms with E-state index in [4.69, 9.17) is 4.74 Å². The van der Waals surface area contributed by atoms with E-state index in [0.29, 0.717) is 0 Å². The molecule has 0 aromatic heterocycles. The fourth-order valence-electron chi connectivity index (χ4n) is 6.11. The zero-order chi connectivity index (χ0) is 21.8. The fraction of sp³-hybridized carbons (Fsp3) is 0.448. The Kier molecular flexibility index (Phi) is 6.67. The highest BCUT2D eigenvalue weighted by atomic mass is 16.5. The molecule has 0 amide bonds. The van der Waals surface area contributed by atoms with E-state index in [9.17, 15) is 5.11 Å². The number of para-hydroxylation sites is 1. The Bertz CT molecular complexity index is 942. The molecule has 31 heavy (non-hydrogen) atoms. The van der Waals surface area contributed by atoms with E-state index in [0.717, 1.165) is 42.6 Å². The average Bonchev–Trinajstić information content (AvgIpc) is 3.31. The maximum atomic E-state index is 11.1. The van der Waals surface area contributed by atoms with Crippen LogP contribution in [0.15, 0.2) is 66.7 Å². The third kappa shape index (κ3) is 3.87. The van der Waals surface area contributed by atoms with Gasteiger partial charge in [0.15, 0.2) is 0 Å². The van der Waals surface area contributed by atoms with Crippen LogP contribution in [0.25, 0.3) is 11.1 Å². The van der Waals surface area contributed by atoms with Crippen LogP contribution < -0.4 is 4.74 Å². The quantitative estimate of drug-likeness (QED) is 0.435. The second-order valence-corrected chi connectivity index (χ2v) is 9.22. The third-order valence-electron chi connectivity index (χ3n) is 7.56. The number of methoxy groups -OCH3 is 1. The molecule has 0 bridgehead atoms. The molecule has 2 aliphatic carbocycles. The minimum absolute atomic E-state index is 0.196. The van der Waals surface area contributed by atoms with Crippen molar-refractivity contribution >= 4 is 11.1 Å². The number of unbranched alkanes of at least 4 members (excludes halogenated alkanes) is 3. The van der Waals surface area contributed by atoms with Crippen molar-refractivity contribution in [3.05, 3.63) is 77.9 Å². The smallest absolute Gasteiger partial charge is 0.126 e. The summed E-state index contributed by atoms with van der Waals surface area (Å²) in [4.78, 5) is 0. The van der Waals surface area contributed by atoms with Gasteiger partial charge in [-0.2, -0.15) is 0 Å². The molecule has 0 radical (unpaired) electrons. The molecule has 2 aliphatic rings. The summed E-state index contributed by atoms with van der Waals surface area (Å²) in [6.07, 6.45) is 8.63. The van der Waals surface area contributed by atoms with E-state index < -0.39 is 0 Å². The van der Waals surface area contributed by atoms with E-state index in [1.54, 1.807) is 7.11 Å². The fourth-order valence-corrected chi connectivity index (χ4v) is 6.11. The molecule has 2 aromatic carbocycles. The zero-order valence-electron chi connectivity index (χ0n) is 19.1. The molecule has 0 saturated heterocycles. The predicted molar refractivity (Wildman–Crippen MR) is 130 cm³/mol. The van der Waals surface area contributed by atoms with E-state index in [2.05, 4.69) is 56.0 Å². The number of rotatable bonds is 9. The number of aliphatic hydroxyl groups is 1. The van der Waals surface area contributed by atoms with Gasteiger partial charge in [0, 0.05) is 16.9 Å². The summed E-state index contributed by atoms with van der Waals surface area (Å²) in [6, 6.07) is 19.1. The summed E-state index contributed by atoms with van der Waals surface area (Å²) in [5.41, 5.74) is 6.21. The molecule has 1 fully saturated rings. The molecule has 2 heteroatoms. The van der Waals surface area contributed by atoms with Crippen LogP contribution in [-0.2, 0) is 0 Å². The first-order valence-electron chi connectivity index (χ1n) is 11.9. The van der Waals surface area contributed by atoms with Crippen molar-refractivity contribution in [1.29, 1.82) is 0 Å². The van der Waals surface area contributed by atoms with Crippen molar-refractivity contribution in [2.75, 3.05) is 7.11 Å². The van der Waals surface area contributed by atoms with Crippen LogP contribution >= 0.6 is 0 Å². The van der Waals surface area contributed by atoms with Crippen LogP contribution in [0.1, 0.15) is 69.4 Å². The van der Waals surface area contributed by atoms with Crippen molar-refractivity contribution < 1.29 is 9.84 Å². The topological polar surface area (TPSA) is 29.5 Å². The maximum Gasteiger partial charge on any atom is 0.126 e. The second kappa shape index (κ2) is 9.44. The first-order chi connectivity index (χ1) is 15.1. The molecule has 3 atom stereocenters. The molecular formula is C29H36O2. The lowest BCUT2D eigenvalue weighted by molar-refractivity contribution is 0.119. The van der Waals surface area contributed by atoms with Gasteiger partial charge in [0.2, 0.25) is 0 Å². The lowest BCUT2D eigenvalue weighted by atomic mass is 9.66. The van der Waals surface area contributed by atoms with E-state index in [1.165, 1.54) is 42.4 Å². The normalized spacial score (nSPS) is 25.0. The molecule has 1 N–H and O–H groups in total. The van der Waals surface area contributed by atoms with Crippen LogP contribution in [0.2, 0.25) is 0 Å². The third-order valence-corrected chi connectivity index (χ3v) is 7.56. The number of hydrogen-bond acceptors (Lipinski definition) is 2. The predicted octanol–water partition coefficient (Wildman–Crippen LogP) is 7.29. The molecule has 0 heterocycles. The van der Waals surface area contributed by atoms with Gasteiger partial charge in [0.25, 0.3) is 0 Å². The minimum Gasteiger partial charge on any atom is -0.496 e. The Hall–Kier alpha value is -2.32. The molecule has 1 unspecified atom stereocenters. The number of fused-ring (bicyclic) bond motifs is 1. The van der Waals surface area contributed by atoms with Crippen LogP contribution in [-0.4, -0.2) is 18.3 Å². The number of ether oxygens (including phenoxy) is 1. The van der Waals surface area contributed by atoms with Gasteiger partial charge in [-0.25, -0.2) is 0 Å². The monoisotopic (exact) mass is 416 g/mol. The van der Waals surface area contributed by atoms with Gasteiger partial charge in [-0.15, -0.1) is 0 Å². The van der Waals surface area contributed by atoms with Gasteiger partial charge in [-0.3, -0.25) is 0 Å². The van der Waals surface area contributed by atoms with Crippen molar-refractivity contribution in [2.45, 2.75) is 64.4 Å². The summed E-state index contributed by atoms with van der Waals surface area (Å²) < 4.78 is 5.72. The van der Waals surface area contributed by atoms with Gasteiger partial charge in [0.1, 0.15) is 5.75 Å². The van der Waals surface area contributed by atoms with Crippen LogP contribution in [0.4, 0.5) is 0 Å². The minimum atomic E-state index is -0.279. The maximum absolute atomic E-state index is 11.1. The van der Waals surface area contributed by atoms with E-state index in [-0.39, 0.29) is 17.4 Å². The van der Waals surface area contributed by atoms with Crippen LogP contribution in [0, 0.1) is 11.3 Å². The Morgan fingerprint density at radius 3 is 2.55 bits per heavy atom. The number of aliphatic hydroxyl groups excluding tert-OH is 1. The molecule has 2 nitrogen and oxygen atoms in total. The molecule has 4 rings (SSSR count). The first kappa shape index (κ1) is 21.9. The van der Waals surface area contributed by atoms with Gasteiger partial charge >= 0.3 is 0 Å². The highest BCUT2D eigenvalue weighted by Gasteiger charge is 2.56. The Morgan fingerprint density at radius 1 is 1.06 bits per heavy atom. The molecule has 164 valence electrons. The highest BCUT2D eigenvalue weighted by molar-refractivity contribution is 5.91. The van der Waals surface area contributed by atoms with Gasteiger partial charge < -0.3 is 9.84 Å². The van der Waals surface area contributed by atoms with Gasteiger partial charge in [-0.1, -0.05) is 86.9 Å². The van der Waals surface area contributed by atoms with Crippen LogP contribution in [0.3, 0.4) is 0 Å². The van der Waals surface area contributed by atoms with Crippen molar-refractivity contribution in [1.82, 2.24) is 0 Å². The second-order valence-electron chi connectivity index (χ2n) is 9.22. The Labute approximate surface area is 187 Å². The number of allylic oxidation sites excluding steroid dienone is 3. The van der Waals surface area contributed by atoms with Crippen molar-refractivity contribution in [3.63, 3.8) is 0 Å². The van der Waals surface area contributed by atoms with Crippen molar-refractivity contribution in [3.8, 4) is 5.75 Å². The highest BCUT2D eigenvalue weighted by Crippen LogP contribution is 2.66. The zero-order valence-corrected chi connectivity index (χ0v) is 19.1. The molecule has 0 aliphatic heterocycles. The standard InChI is InChI=1S/C29H36O2/c1-4-5-6-8-15-23-20-25-26(30)18-19-29(25,28(23)22-13-9-7-10-14-22)21(2)24-16-11-12-17-27(24)31-3/h7,9-14,16-17,25-26,30H,2,4-6,8,15,18-20H2,1,3H3/t25?,26-,29+/m1/s1. The SMILES string of the molecule is C=C(c1ccccc1OC)[C@@]12CC[C@@H](O)C1CC(CCCCCC)=C2c1ccccc1. The summed E-state index contributed by atoms with van der Waals surface area (Å²) >= 11 is 0. The number of hydrogen-bond donors (Lipinski definition) is 1. The van der Waals surface area contributed by atoms with Crippen LogP contribution in [0.5, 0.6) is 5.75 Å². The average molecular weight is 417 g/mol. The van der Waals surface area contributed by atoms with Gasteiger partial charge in [0.05, 0.1) is 13.2 Å². The van der Waals surface area contributed by atoms with Gasteiger partial charge in [-0.05, 0) is 54.9 Å². The molecule has 2 aromatic rings. The Balaban J connectivity index is 1.83. The van der Waals surface area contributed by atoms with E-state index in [1.807, 2.05) is 12.1 Å². The molecule has 1 saturated carbocycles. The number of benzene rings is 2. The largest absolute Gasteiger partial charge is 0.496 e. The van der Waals surface area contributed by atoms with E-state index >= 15 is 0 Å². The molecule has 0 spiro atoms. The lowest BCUT2D eigenvalue weighted by Crippen LogP contribution is -2.29. The summed E-state index contributed by atoms with van der Waals surface area (Å²) in [5, 5.41) is 11.1. The molecular weight excluding hydrogens is 380 g/mol.